The maximum Gasteiger partial charge on any atom is 0.174 e. The second kappa shape index (κ2) is 7.03. The van der Waals surface area contributed by atoms with Gasteiger partial charge in [0, 0.05) is 24.0 Å². The van der Waals surface area contributed by atoms with Gasteiger partial charge in [-0.25, -0.2) is 14.4 Å². The Morgan fingerprint density at radius 3 is 2.85 bits per heavy atom. The minimum Gasteiger partial charge on any atom is -0.507 e. The molecule has 0 saturated heterocycles. The molecule has 2 aromatic heterocycles. The number of aromatic hydroxyl groups is 1. The van der Waals surface area contributed by atoms with Crippen LogP contribution in [0.25, 0.3) is 23.0 Å². The number of phenols is 1. The maximum absolute atomic E-state index is 13.9. The van der Waals surface area contributed by atoms with E-state index in [-0.39, 0.29) is 5.75 Å². The summed E-state index contributed by atoms with van der Waals surface area (Å²) in [6.45, 7) is 0. The smallest absolute Gasteiger partial charge is 0.174 e. The number of halogens is 1. The van der Waals surface area contributed by atoms with Crippen molar-refractivity contribution in [1.82, 2.24) is 24.7 Å². The van der Waals surface area contributed by atoms with Gasteiger partial charge < -0.3 is 9.67 Å². The third-order valence-corrected chi connectivity index (χ3v) is 4.53. The van der Waals surface area contributed by atoms with Crippen molar-refractivity contribution < 1.29 is 9.50 Å². The van der Waals surface area contributed by atoms with Crippen LogP contribution in [0.5, 0.6) is 5.75 Å². The van der Waals surface area contributed by atoms with Gasteiger partial charge in [0.25, 0.3) is 0 Å². The molecule has 2 heterocycles. The van der Waals surface area contributed by atoms with Gasteiger partial charge in [-0.05, 0) is 49.5 Å². The van der Waals surface area contributed by atoms with Crippen LogP contribution in [0.2, 0.25) is 0 Å². The minimum absolute atomic E-state index is 0.0782. The van der Waals surface area contributed by atoms with Crippen molar-refractivity contribution >= 4 is 6.08 Å². The molecule has 1 aliphatic carbocycles. The SMILES string of the molecule is Oc1cc(-n2ccnc2)ccc1-c1cnc(/C=C2\CCCC[C@@H]2F)nn1. The van der Waals surface area contributed by atoms with Crippen molar-refractivity contribution in [1.29, 1.82) is 0 Å². The first-order valence-electron chi connectivity index (χ1n) is 8.57. The highest BCUT2D eigenvalue weighted by Gasteiger charge is 2.18. The van der Waals surface area contributed by atoms with Gasteiger partial charge in [0.1, 0.15) is 17.6 Å². The third-order valence-electron chi connectivity index (χ3n) is 4.53. The fraction of sp³-hybridized carbons (Fsp3) is 0.263. The lowest BCUT2D eigenvalue weighted by atomic mass is 9.93. The van der Waals surface area contributed by atoms with E-state index in [0.717, 1.165) is 30.5 Å². The van der Waals surface area contributed by atoms with E-state index in [9.17, 15) is 9.50 Å². The fourth-order valence-electron chi connectivity index (χ4n) is 3.11. The van der Waals surface area contributed by atoms with Crippen LogP contribution in [0, 0.1) is 0 Å². The van der Waals surface area contributed by atoms with Gasteiger partial charge in [0.15, 0.2) is 5.82 Å². The number of allylic oxidation sites excluding steroid dienone is 1. The Morgan fingerprint density at radius 2 is 2.15 bits per heavy atom. The summed E-state index contributed by atoms with van der Waals surface area (Å²) in [6.07, 6.45) is 10.7. The van der Waals surface area contributed by atoms with Crippen LogP contribution < -0.4 is 0 Å². The molecule has 1 fully saturated rings. The molecule has 1 aliphatic rings. The molecule has 132 valence electrons. The summed E-state index contributed by atoms with van der Waals surface area (Å²) in [6, 6.07) is 5.24. The second-order valence-corrected chi connectivity index (χ2v) is 6.31. The predicted octanol–water partition coefficient (Wildman–Crippen LogP) is 3.73. The maximum atomic E-state index is 13.9. The molecule has 0 aliphatic heterocycles. The molecule has 1 N–H and O–H groups in total. The quantitative estimate of drug-likeness (QED) is 0.778. The summed E-state index contributed by atoms with van der Waals surface area (Å²) >= 11 is 0. The van der Waals surface area contributed by atoms with Gasteiger partial charge >= 0.3 is 0 Å². The van der Waals surface area contributed by atoms with E-state index in [1.165, 1.54) is 0 Å². The molecule has 26 heavy (non-hydrogen) atoms. The van der Waals surface area contributed by atoms with E-state index >= 15 is 0 Å². The summed E-state index contributed by atoms with van der Waals surface area (Å²) in [5.41, 5.74) is 2.52. The molecular formula is C19H18FN5O. The van der Waals surface area contributed by atoms with Crippen LogP contribution in [0.4, 0.5) is 4.39 Å². The van der Waals surface area contributed by atoms with Crippen LogP contribution in [0.15, 0.2) is 48.7 Å². The highest BCUT2D eigenvalue weighted by Crippen LogP contribution is 2.30. The lowest BCUT2D eigenvalue weighted by Crippen LogP contribution is -2.10. The van der Waals surface area contributed by atoms with E-state index in [4.69, 9.17) is 0 Å². The Hall–Kier alpha value is -3.09. The van der Waals surface area contributed by atoms with Crippen LogP contribution in [-0.2, 0) is 0 Å². The number of rotatable bonds is 3. The van der Waals surface area contributed by atoms with Gasteiger partial charge in [0.2, 0.25) is 0 Å². The Bertz CT molecular complexity index is 922. The Kier molecular flexibility index (Phi) is 4.43. The van der Waals surface area contributed by atoms with E-state index in [2.05, 4.69) is 20.2 Å². The van der Waals surface area contributed by atoms with Crippen LogP contribution in [0.1, 0.15) is 31.5 Å². The summed E-state index contributed by atoms with van der Waals surface area (Å²) in [5.74, 6) is 0.470. The number of alkyl halides is 1. The average Bonchev–Trinajstić information content (AvgIpc) is 3.19. The average molecular weight is 351 g/mol. The normalized spacial score (nSPS) is 19.0. The molecule has 7 heteroatoms. The van der Waals surface area contributed by atoms with Crippen molar-refractivity contribution in [3.63, 3.8) is 0 Å². The Morgan fingerprint density at radius 1 is 1.23 bits per heavy atom. The number of nitrogens with zero attached hydrogens (tertiary/aromatic N) is 5. The van der Waals surface area contributed by atoms with Gasteiger partial charge in [-0.15, -0.1) is 10.2 Å². The lowest BCUT2D eigenvalue weighted by molar-refractivity contribution is 0.319. The summed E-state index contributed by atoms with van der Waals surface area (Å²) in [4.78, 5) is 8.24. The number of phenolic OH excluding ortho intramolecular Hbond substituents is 1. The van der Waals surface area contributed by atoms with Gasteiger partial charge in [-0.1, -0.05) is 0 Å². The number of aromatic nitrogens is 5. The van der Waals surface area contributed by atoms with Gasteiger partial charge in [0.05, 0.1) is 18.2 Å². The third kappa shape index (κ3) is 3.33. The van der Waals surface area contributed by atoms with E-state index in [1.54, 1.807) is 47.7 Å². The first-order valence-corrected chi connectivity index (χ1v) is 8.57. The van der Waals surface area contributed by atoms with Crippen molar-refractivity contribution in [2.24, 2.45) is 0 Å². The lowest BCUT2D eigenvalue weighted by Gasteiger charge is -2.17. The monoisotopic (exact) mass is 351 g/mol. The molecule has 1 aromatic carbocycles. The Balaban J connectivity index is 1.58. The van der Waals surface area contributed by atoms with Crippen molar-refractivity contribution in [2.75, 3.05) is 0 Å². The number of imidazole rings is 1. The predicted molar refractivity (Wildman–Crippen MR) is 95.4 cm³/mol. The summed E-state index contributed by atoms with van der Waals surface area (Å²) in [7, 11) is 0. The molecule has 0 amide bonds. The first-order chi connectivity index (χ1) is 12.7. The molecule has 1 saturated carbocycles. The molecular weight excluding hydrogens is 333 g/mol. The molecule has 6 nitrogen and oxygen atoms in total. The zero-order valence-electron chi connectivity index (χ0n) is 14.1. The zero-order valence-corrected chi connectivity index (χ0v) is 14.1. The highest BCUT2D eigenvalue weighted by atomic mass is 19.1. The fourth-order valence-corrected chi connectivity index (χ4v) is 3.11. The van der Waals surface area contributed by atoms with E-state index in [0.29, 0.717) is 23.5 Å². The molecule has 0 spiro atoms. The van der Waals surface area contributed by atoms with Crippen LogP contribution in [0.3, 0.4) is 0 Å². The number of benzene rings is 1. The highest BCUT2D eigenvalue weighted by molar-refractivity contribution is 5.68. The molecule has 0 bridgehead atoms. The Labute approximate surface area is 150 Å². The van der Waals surface area contributed by atoms with Crippen molar-refractivity contribution in [2.45, 2.75) is 31.9 Å². The topological polar surface area (TPSA) is 76.7 Å². The van der Waals surface area contributed by atoms with Crippen molar-refractivity contribution in [3.05, 3.63) is 54.5 Å². The molecule has 4 rings (SSSR count). The summed E-state index contributed by atoms with van der Waals surface area (Å²) < 4.78 is 15.7. The van der Waals surface area contributed by atoms with Crippen LogP contribution in [-0.4, -0.2) is 36.0 Å². The standard InChI is InChI=1S/C19H18FN5O/c20-16-4-2-1-3-13(16)9-19-22-11-17(23-24-19)15-6-5-14(10-18(15)26)25-8-7-21-12-25/h5-12,16,26H,1-4H2/b13-9+/t16-/m0/s1. The van der Waals surface area contributed by atoms with Crippen LogP contribution >= 0.6 is 0 Å². The zero-order chi connectivity index (χ0) is 17.9. The molecule has 0 unspecified atom stereocenters. The summed E-state index contributed by atoms with van der Waals surface area (Å²) in [5, 5.41) is 18.5. The molecule has 0 radical (unpaired) electrons. The van der Waals surface area contributed by atoms with E-state index < -0.39 is 6.17 Å². The van der Waals surface area contributed by atoms with Gasteiger partial charge in [-0.2, -0.15) is 0 Å². The number of hydrogen-bond donors (Lipinski definition) is 1. The van der Waals surface area contributed by atoms with E-state index in [1.807, 2.05) is 6.07 Å². The minimum atomic E-state index is -0.910. The first kappa shape index (κ1) is 16.4. The number of hydrogen-bond acceptors (Lipinski definition) is 5. The van der Waals surface area contributed by atoms with Gasteiger partial charge in [-0.3, -0.25) is 0 Å². The molecule has 1 atom stereocenters. The molecule has 3 aromatic rings. The largest absolute Gasteiger partial charge is 0.507 e. The second-order valence-electron chi connectivity index (χ2n) is 6.31. The van der Waals surface area contributed by atoms with Crippen molar-refractivity contribution in [3.8, 4) is 22.7 Å².